The van der Waals surface area contributed by atoms with Gasteiger partial charge in [0.1, 0.15) is 0 Å². The van der Waals surface area contributed by atoms with Gasteiger partial charge in [-0.1, -0.05) is 12.1 Å². The van der Waals surface area contributed by atoms with Gasteiger partial charge in [-0.05, 0) is 42.3 Å². The lowest BCUT2D eigenvalue weighted by Gasteiger charge is -2.13. The Kier molecular flexibility index (Phi) is 10.4. The first-order valence-corrected chi connectivity index (χ1v) is 8.66. The first-order chi connectivity index (χ1) is 13.1. The summed E-state index contributed by atoms with van der Waals surface area (Å²) in [5.41, 5.74) is 1.78. The van der Waals surface area contributed by atoms with Gasteiger partial charge < -0.3 is 24.8 Å². The van der Waals surface area contributed by atoms with Crippen LogP contribution >= 0.6 is 24.0 Å². The maximum atomic E-state index is 13.8. The molecule has 0 heterocycles. The number of hydrogen-bond donors (Lipinski definition) is 2. The van der Waals surface area contributed by atoms with E-state index in [0.29, 0.717) is 30.5 Å². The molecular weight excluding hydrogens is 476 g/mol. The molecule has 0 aliphatic rings. The van der Waals surface area contributed by atoms with Crippen molar-refractivity contribution in [1.29, 1.82) is 0 Å². The van der Waals surface area contributed by atoms with Crippen molar-refractivity contribution in [3.05, 3.63) is 53.3 Å². The predicted octanol–water partition coefficient (Wildman–Crippen LogP) is 3.72. The van der Waals surface area contributed by atoms with E-state index in [2.05, 4.69) is 15.6 Å². The van der Waals surface area contributed by atoms with Gasteiger partial charge in [0, 0.05) is 13.1 Å². The van der Waals surface area contributed by atoms with Crippen LogP contribution in [0.3, 0.4) is 0 Å². The molecule has 0 atom stereocenters. The number of hydrogen-bond acceptors (Lipinski definition) is 4. The number of benzene rings is 2. The molecule has 0 amide bonds. The Morgan fingerprint density at radius 3 is 2.14 bits per heavy atom. The molecule has 0 saturated heterocycles. The molecule has 0 aliphatic heterocycles. The Balaban J connectivity index is 0.00000392. The van der Waals surface area contributed by atoms with Crippen molar-refractivity contribution in [2.24, 2.45) is 4.99 Å². The van der Waals surface area contributed by atoms with Crippen LogP contribution in [-0.4, -0.2) is 33.8 Å². The number of ether oxygens (including phenoxy) is 3. The lowest BCUT2D eigenvalue weighted by Crippen LogP contribution is -2.36. The molecule has 0 fully saturated rings. The fourth-order valence-corrected chi connectivity index (χ4v) is 2.50. The van der Waals surface area contributed by atoms with Crippen LogP contribution in [0.25, 0.3) is 0 Å². The third-order valence-corrected chi connectivity index (χ3v) is 3.89. The van der Waals surface area contributed by atoms with Gasteiger partial charge in [0.25, 0.3) is 0 Å². The summed E-state index contributed by atoms with van der Waals surface area (Å²) < 4.78 is 29.3. The van der Waals surface area contributed by atoms with Crippen LogP contribution in [0.4, 0.5) is 4.39 Å². The average Bonchev–Trinajstić information content (AvgIpc) is 2.69. The standard InChI is InChI=1S/C20H26FN3O3.HI/c1-5-22-20(23-12-14-6-8-17(25-2)16(21)10-14)24-13-15-7-9-18(26-3)19(11-15)27-4;/h6-11H,5,12-13H2,1-4H3,(H2,22,23,24);1H. The first-order valence-electron chi connectivity index (χ1n) is 8.66. The second-order valence-electron chi connectivity index (χ2n) is 5.71. The molecule has 0 aromatic heterocycles. The van der Waals surface area contributed by atoms with Crippen molar-refractivity contribution < 1.29 is 18.6 Å². The van der Waals surface area contributed by atoms with Gasteiger partial charge in [-0.3, -0.25) is 0 Å². The molecule has 0 saturated carbocycles. The summed E-state index contributed by atoms with van der Waals surface area (Å²) in [6.07, 6.45) is 0. The molecular formula is C20H27FIN3O3. The molecule has 2 rings (SSSR count). The van der Waals surface area contributed by atoms with Crippen molar-refractivity contribution in [3.8, 4) is 17.2 Å². The Bertz CT molecular complexity index is 787. The fraction of sp³-hybridized carbons (Fsp3) is 0.350. The molecule has 2 N–H and O–H groups in total. The normalized spacial score (nSPS) is 10.7. The summed E-state index contributed by atoms with van der Waals surface area (Å²) >= 11 is 0. The monoisotopic (exact) mass is 503 g/mol. The van der Waals surface area contributed by atoms with Crippen LogP contribution < -0.4 is 24.8 Å². The molecule has 154 valence electrons. The SMILES string of the molecule is CCNC(=NCc1ccc(OC)c(F)c1)NCc1ccc(OC)c(OC)c1.I. The van der Waals surface area contributed by atoms with E-state index in [4.69, 9.17) is 14.2 Å². The third-order valence-electron chi connectivity index (χ3n) is 3.89. The Morgan fingerprint density at radius 2 is 1.54 bits per heavy atom. The number of methoxy groups -OCH3 is 3. The summed E-state index contributed by atoms with van der Waals surface area (Å²) in [6.45, 7) is 3.61. The van der Waals surface area contributed by atoms with Gasteiger partial charge in [-0.15, -0.1) is 24.0 Å². The number of nitrogens with one attached hydrogen (secondary N) is 2. The summed E-state index contributed by atoms with van der Waals surface area (Å²) in [5.74, 6) is 1.83. The zero-order valence-electron chi connectivity index (χ0n) is 16.5. The second kappa shape index (κ2) is 12.3. The topological polar surface area (TPSA) is 64.1 Å². The van der Waals surface area contributed by atoms with Crippen LogP contribution in [0.2, 0.25) is 0 Å². The molecule has 8 heteroatoms. The zero-order chi connectivity index (χ0) is 19.6. The summed E-state index contributed by atoms with van der Waals surface area (Å²) in [7, 11) is 4.65. The van der Waals surface area contributed by atoms with E-state index < -0.39 is 5.82 Å². The minimum Gasteiger partial charge on any atom is -0.494 e. The lowest BCUT2D eigenvalue weighted by molar-refractivity contribution is 0.354. The molecule has 0 radical (unpaired) electrons. The first kappa shape index (κ1) is 23.8. The molecule has 2 aromatic carbocycles. The van der Waals surface area contributed by atoms with Crippen molar-refractivity contribution in [2.45, 2.75) is 20.0 Å². The van der Waals surface area contributed by atoms with Gasteiger partial charge in [-0.2, -0.15) is 0 Å². The Labute approximate surface area is 182 Å². The van der Waals surface area contributed by atoms with Crippen molar-refractivity contribution >= 4 is 29.9 Å². The van der Waals surface area contributed by atoms with E-state index >= 15 is 0 Å². The maximum Gasteiger partial charge on any atom is 0.191 e. The largest absolute Gasteiger partial charge is 0.494 e. The van der Waals surface area contributed by atoms with Crippen LogP contribution in [-0.2, 0) is 13.1 Å². The number of rotatable bonds is 8. The van der Waals surface area contributed by atoms with Crippen LogP contribution in [0.5, 0.6) is 17.2 Å². The van der Waals surface area contributed by atoms with Gasteiger partial charge in [-0.25, -0.2) is 9.38 Å². The smallest absolute Gasteiger partial charge is 0.191 e. The van der Waals surface area contributed by atoms with Gasteiger partial charge in [0.2, 0.25) is 0 Å². The van der Waals surface area contributed by atoms with Gasteiger partial charge in [0.15, 0.2) is 29.0 Å². The minimum absolute atomic E-state index is 0. The van der Waals surface area contributed by atoms with E-state index in [0.717, 1.165) is 17.7 Å². The number of aliphatic imine (C=N–C) groups is 1. The third kappa shape index (κ3) is 6.74. The van der Waals surface area contributed by atoms with E-state index in [-0.39, 0.29) is 29.7 Å². The number of halogens is 2. The zero-order valence-corrected chi connectivity index (χ0v) is 18.9. The molecule has 2 aromatic rings. The minimum atomic E-state index is -0.395. The van der Waals surface area contributed by atoms with Crippen molar-refractivity contribution in [1.82, 2.24) is 10.6 Å². The highest BCUT2D eigenvalue weighted by Gasteiger charge is 2.06. The molecule has 0 bridgehead atoms. The highest BCUT2D eigenvalue weighted by molar-refractivity contribution is 14.0. The molecule has 28 heavy (non-hydrogen) atoms. The van der Waals surface area contributed by atoms with E-state index in [9.17, 15) is 4.39 Å². The highest BCUT2D eigenvalue weighted by Crippen LogP contribution is 2.27. The number of nitrogens with zero attached hydrogens (tertiary/aromatic N) is 1. The Hall–Kier alpha value is -2.23. The van der Waals surface area contributed by atoms with Crippen LogP contribution in [0.1, 0.15) is 18.1 Å². The average molecular weight is 503 g/mol. The summed E-state index contributed by atoms with van der Waals surface area (Å²) in [5, 5.41) is 6.43. The lowest BCUT2D eigenvalue weighted by atomic mass is 10.2. The van der Waals surface area contributed by atoms with Crippen LogP contribution in [0, 0.1) is 5.82 Å². The fourth-order valence-electron chi connectivity index (χ4n) is 2.50. The maximum absolute atomic E-state index is 13.8. The second-order valence-corrected chi connectivity index (χ2v) is 5.71. The van der Waals surface area contributed by atoms with Gasteiger partial charge in [0.05, 0.1) is 27.9 Å². The molecule has 6 nitrogen and oxygen atoms in total. The Morgan fingerprint density at radius 1 is 0.893 bits per heavy atom. The quantitative estimate of drug-likeness (QED) is 0.327. The highest BCUT2D eigenvalue weighted by atomic mass is 127. The number of guanidine groups is 1. The van der Waals surface area contributed by atoms with E-state index in [1.165, 1.54) is 13.2 Å². The molecule has 0 unspecified atom stereocenters. The van der Waals surface area contributed by atoms with Crippen molar-refractivity contribution in [3.63, 3.8) is 0 Å². The van der Waals surface area contributed by atoms with Crippen LogP contribution in [0.15, 0.2) is 41.4 Å². The van der Waals surface area contributed by atoms with Crippen molar-refractivity contribution in [2.75, 3.05) is 27.9 Å². The van der Waals surface area contributed by atoms with E-state index in [1.807, 2.05) is 25.1 Å². The summed E-state index contributed by atoms with van der Waals surface area (Å²) in [6, 6.07) is 10.6. The molecule has 0 aliphatic carbocycles. The predicted molar refractivity (Wildman–Crippen MR) is 120 cm³/mol. The van der Waals surface area contributed by atoms with Gasteiger partial charge >= 0.3 is 0 Å². The van der Waals surface area contributed by atoms with E-state index in [1.54, 1.807) is 26.4 Å². The molecule has 0 spiro atoms. The summed E-state index contributed by atoms with van der Waals surface area (Å²) in [4.78, 5) is 4.50.